The third-order valence-electron chi connectivity index (χ3n) is 2.44. The van der Waals surface area contributed by atoms with Gasteiger partial charge in [0.15, 0.2) is 5.78 Å². The smallest absolute Gasteiger partial charge is 0.323 e. The zero-order chi connectivity index (χ0) is 14.6. The fourth-order valence-electron chi connectivity index (χ4n) is 1.41. The lowest BCUT2D eigenvalue weighted by molar-refractivity contribution is -0.142. The Morgan fingerprint density at radius 3 is 2.47 bits per heavy atom. The minimum absolute atomic E-state index is 0.0732. The van der Waals surface area contributed by atoms with Crippen LogP contribution < -0.4 is 4.72 Å². The van der Waals surface area contributed by atoms with Gasteiger partial charge in [0.1, 0.15) is 6.04 Å². The molecule has 1 aromatic rings. The molecular formula is C12H15NO5S. The second-order valence-corrected chi connectivity index (χ2v) is 5.66. The van der Waals surface area contributed by atoms with Crippen LogP contribution in [0.2, 0.25) is 0 Å². The molecule has 7 heteroatoms. The molecule has 0 aromatic heterocycles. The Morgan fingerprint density at radius 1 is 1.32 bits per heavy atom. The van der Waals surface area contributed by atoms with Gasteiger partial charge in [-0.1, -0.05) is 12.1 Å². The predicted molar refractivity (Wildman–Crippen MR) is 68.2 cm³/mol. The van der Waals surface area contributed by atoms with Gasteiger partial charge in [-0.2, -0.15) is 4.72 Å². The number of carbonyl (C=O) groups is 2. The lowest BCUT2D eigenvalue weighted by Gasteiger charge is -2.12. The van der Waals surface area contributed by atoms with Gasteiger partial charge in [-0.3, -0.25) is 9.59 Å². The minimum Gasteiger partial charge on any atom is -0.468 e. The Balaban J connectivity index is 3.04. The van der Waals surface area contributed by atoms with E-state index in [2.05, 4.69) is 9.46 Å². The first-order valence-corrected chi connectivity index (χ1v) is 6.97. The van der Waals surface area contributed by atoms with Crippen molar-refractivity contribution in [2.75, 3.05) is 7.11 Å². The highest BCUT2D eigenvalue weighted by atomic mass is 32.2. The number of rotatable bonds is 5. The van der Waals surface area contributed by atoms with Crippen LogP contribution in [0.3, 0.4) is 0 Å². The second kappa shape index (κ2) is 5.94. The van der Waals surface area contributed by atoms with Crippen molar-refractivity contribution in [2.45, 2.75) is 24.8 Å². The summed E-state index contributed by atoms with van der Waals surface area (Å²) in [6.45, 7) is 2.72. The molecule has 6 nitrogen and oxygen atoms in total. The van der Waals surface area contributed by atoms with Crippen LogP contribution in [0.1, 0.15) is 24.2 Å². The molecule has 1 rings (SSSR count). The van der Waals surface area contributed by atoms with Crippen molar-refractivity contribution < 1.29 is 22.7 Å². The number of nitrogens with one attached hydrogen (secondary N) is 1. The molecule has 0 aliphatic heterocycles. The molecule has 0 heterocycles. The van der Waals surface area contributed by atoms with E-state index in [1.165, 1.54) is 45.2 Å². The van der Waals surface area contributed by atoms with E-state index in [0.29, 0.717) is 0 Å². The molecule has 0 fully saturated rings. The van der Waals surface area contributed by atoms with Gasteiger partial charge in [0, 0.05) is 5.56 Å². The molecule has 0 saturated carbocycles. The zero-order valence-corrected chi connectivity index (χ0v) is 11.7. The molecule has 0 amide bonds. The lowest BCUT2D eigenvalue weighted by Crippen LogP contribution is -2.39. The van der Waals surface area contributed by atoms with E-state index in [9.17, 15) is 18.0 Å². The van der Waals surface area contributed by atoms with E-state index in [-0.39, 0.29) is 16.2 Å². The number of hydrogen-bond donors (Lipinski definition) is 1. The first-order valence-electron chi connectivity index (χ1n) is 5.49. The van der Waals surface area contributed by atoms with E-state index in [0.717, 1.165) is 0 Å². The molecule has 0 bridgehead atoms. The number of esters is 1. The standard InChI is InChI=1S/C12H15NO5S/c1-8(12(15)18-3)13-19(16,17)11-6-4-5-10(7-11)9(2)14/h4-8,13H,1-3H3/t8-/m0/s1. The van der Waals surface area contributed by atoms with Crippen LogP contribution in [0, 0.1) is 0 Å². The van der Waals surface area contributed by atoms with Gasteiger partial charge in [-0.05, 0) is 26.0 Å². The number of methoxy groups -OCH3 is 1. The second-order valence-electron chi connectivity index (χ2n) is 3.95. The highest BCUT2D eigenvalue weighted by molar-refractivity contribution is 7.89. The van der Waals surface area contributed by atoms with Gasteiger partial charge in [0.05, 0.1) is 12.0 Å². The number of hydrogen-bond acceptors (Lipinski definition) is 5. The summed E-state index contributed by atoms with van der Waals surface area (Å²) in [6.07, 6.45) is 0. The van der Waals surface area contributed by atoms with Crippen molar-refractivity contribution in [1.82, 2.24) is 4.72 Å². The molecule has 0 saturated heterocycles. The van der Waals surface area contributed by atoms with Crippen molar-refractivity contribution in [3.8, 4) is 0 Å². The summed E-state index contributed by atoms with van der Waals surface area (Å²) >= 11 is 0. The fourth-order valence-corrected chi connectivity index (χ4v) is 2.65. The first kappa shape index (κ1) is 15.3. The summed E-state index contributed by atoms with van der Waals surface area (Å²) in [5, 5.41) is 0. The lowest BCUT2D eigenvalue weighted by atomic mass is 10.2. The summed E-state index contributed by atoms with van der Waals surface area (Å²) in [5.74, 6) is -0.927. The van der Waals surface area contributed by atoms with Gasteiger partial charge >= 0.3 is 5.97 Å². The van der Waals surface area contributed by atoms with Crippen LogP contribution in [0.5, 0.6) is 0 Å². The van der Waals surface area contributed by atoms with E-state index in [1.807, 2.05) is 0 Å². The Morgan fingerprint density at radius 2 is 1.95 bits per heavy atom. The average molecular weight is 285 g/mol. The number of ketones is 1. The Hall–Kier alpha value is -1.73. The third kappa shape index (κ3) is 3.87. The number of benzene rings is 1. The van der Waals surface area contributed by atoms with Crippen molar-refractivity contribution in [2.24, 2.45) is 0 Å². The van der Waals surface area contributed by atoms with Gasteiger partial charge in [-0.15, -0.1) is 0 Å². The largest absolute Gasteiger partial charge is 0.468 e. The summed E-state index contributed by atoms with van der Waals surface area (Å²) in [5.41, 5.74) is 0.286. The van der Waals surface area contributed by atoms with Gasteiger partial charge in [0.25, 0.3) is 0 Å². The van der Waals surface area contributed by atoms with Crippen molar-refractivity contribution in [3.05, 3.63) is 29.8 Å². The molecule has 19 heavy (non-hydrogen) atoms. The third-order valence-corrected chi connectivity index (χ3v) is 3.98. The van der Waals surface area contributed by atoms with E-state index >= 15 is 0 Å². The molecule has 0 aliphatic carbocycles. The molecule has 0 radical (unpaired) electrons. The summed E-state index contributed by atoms with van der Waals surface area (Å²) in [6, 6.07) is 4.59. The molecular weight excluding hydrogens is 270 g/mol. The molecule has 0 aliphatic rings. The van der Waals surface area contributed by atoms with Crippen molar-refractivity contribution in [3.63, 3.8) is 0 Å². The molecule has 1 atom stereocenters. The van der Waals surface area contributed by atoms with Gasteiger partial charge < -0.3 is 4.74 Å². The monoisotopic (exact) mass is 285 g/mol. The summed E-state index contributed by atoms with van der Waals surface area (Å²) in [7, 11) is -2.70. The van der Waals surface area contributed by atoms with Gasteiger partial charge in [0.2, 0.25) is 10.0 Å². The Kier molecular flexibility index (Phi) is 4.79. The average Bonchev–Trinajstić information content (AvgIpc) is 2.37. The molecule has 104 valence electrons. The molecule has 1 N–H and O–H groups in total. The topological polar surface area (TPSA) is 89.5 Å². The predicted octanol–water partition coefficient (Wildman–Crippen LogP) is 0.729. The van der Waals surface area contributed by atoms with E-state index in [4.69, 9.17) is 0 Å². The van der Waals surface area contributed by atoms with Crippen LogP contribution >= 0.6 is 0 Å². The highest BCUT2D eigenvalue weighted by Gasteiger charge is 2.22. The summed E-state index contributed by atoms with van der Waals surface area (Å²) in [4.78, 5) is 22.3. The number of carbonyl (C=O) groups excluding carboxylic acids is 2. The summed E-state index contributed by atoms with van der Waals surface area (Å²) < 4.78 is 30.6. The minimum atomic E-state index is -3.87. The first-order chi connectivity index (χ1) is 8.77. The van der Waals surface area contributed by atoms with Crippen LogP contribution in [-0.2, 0) is 19.6 Å². The maximum Gasteiger partial charge on any atom is 0.323 e. The van der Waals surface area contributed by atoms with Crippen LogP contribution in [-0.4, -0.2) is 33.3 Å². The SMILES string of the molecule is COC(=O)[C@H](C)NS(=O)(=O)c1cccc(C(C)=O)c1. The normalized spacial score (nSPS) is 12.8. The van der Waals surface area contributed by atoms with Crippen LogP contribution in [0.15, 0.2) is 29.2 Å². The Labute approximate surface area is 111 Å². The molecule has 0 spiro atoms. The number of ether oxygens (including phenoxy) is 1. The molecule has 1 aromatic carbocycles. The number of sulfonamides is 1. The highest BCUT2D eigenvalue weighted by Crippen LogP contribution is 2.12. The Bertz CT molecular complexity index is 594. The zero-order valence-electron chi connectivity index (χ0n) is 10.8. The van der Waals surface area contributed by atoms with E-state index < -0.39 is 22.0 Å². The van der Waals surface area contributed by atoms with E-state index in [1.54, 1.807) is 0 Å². The van der Waals surface area contributed by atoms with Gasteiger partial charge in [-0.25, -0.2) is 8.42 Å². The maximum absolute atomic E-state index is 12.0. The van der Waals surface area contributed by atoms with Crippen LogP contribution in [0.4, 0.5) is 0 Å². The fraction of sp³-hybridized carbons (Fsp3) is 0.333. The van der Waals surface area contributed by atoms with Crippen LogP contribution in [0.25, 0.3) is 0 Å². The number of Topliss-reactive ketones (excluding diaryl/α,β-unsaturated/α-hetero) is 1. The van der Waals surface area contributed by atoms with Crippen molar-refractivity contribution >= 4 is 21.8 Å². The quantitative estimate of drug-likeness (QED) is 0.636. The maximum atomic E-state index is 12.0. The molecule has 0 unspecified atom stereocenters. The van der Waals surface area contributed by atoms with Crippen molar-refractivity contribution in [1.29, 1.82) is 0 Å².